The van der Waals surface area contributed by atoms with E-state index in [2.05, 4.69) is 0 Å². The number of ether oxygens (including phenoxy) is 3. The van der Waals surface area contributed by atoms with Gasteiger partial charge in [-0.25, -0.2) is 4.79 Å². The van der Waals surface area contributed by atoms with E-state index in [0.717, 1.165) is 11.1 Å². The van der Waals surface area contributed by atoms with Crippen LogP contribution in [0.1, 0.15) is 30.0 Å². The monoisotopic (exact) mass is 412 g/mol. The molecule has 1 aromatic heterocycles. The molecule has 1 N–H and O–H groups in total. The first-order chi connectivity index (χ1) is 14.4. The predicted molar refractivity (Wildman–Crippen MR) is 111 cm³/mol. The Bertz CT molecular complexity index is 1110. The van der Waals surface area contributed by atoms with Crippen LogP contribution in [0.25, 0.3) is 11.0 Å². The molecule has 0 fully saturated rings. The molecule has 1 heterocycles. The third-order valence-electron chi connectivity index (χ3n) is 4.86. The zero-order valence-corrected chi connectivity index (χ0v) is 17.2. The van der Waals surface area contributed by atoms with E-state index >= 15 is 0 Å². The summed E-state index contributed by atoms with van der Waals surface area (Å²) in [6.45, 7) is 1.86. The summed E-state index contributed by atoms with van der Waals surface area (Å²) in [7, 11) is 3.12. The van der Waals surface area contributed by atoms with Crippen molar-refractivity contribution in [2.45, 2.75) is 32.8 Å². The molecule has 7 heteroatoms. The van der Waals surface area contributed by atoms with Gasteiger partial charge < -0.3 is 23.7 Å². The first-order valence-corrected chi connectivity index (χ1v) is 9.60. The molecule has 0 atom stereocenters. The summed E-state index contributed by atoms with van der Waals surface area (Å²) in [4.78, 5) is 24.1. The highest BCUT2D eigenvalue weighted by atomic mass is 16.5. The Morgan fingerprint density at radius 1 is 1.03 bits per heavy atom. The van der Waals surface area contributed by atoms with Gasteiger partial charge in [0.15, 0.2) is 11.5 Å². The normalized spacial score (nSPS) is 10.8. The summed E-state index contributed by atoms with van der Waals surface area (Å²) in [5.41, 5.74) is 1.86. The Kier molecular flexibility index (Phi) is 6.61. The largest absolute Gasteiger partial charge is 0.508 e. The van der Waals surface area contributed by atoms with Gasteiger partial charge in [-0.15, -0.1) is 0 Å². The maximum atomic E-state index is 12.2. The number of aromatic hydroxyl groups is 1. The van der Waals surface area contributed by atoms with Gasteiger partial charge in [-0.1, -0.05) is 13.0 Å². The van der Waals surface area contributed by atoms with Crippen LogP contribution in [-0.2, 0) is 29.0 Å². The van der Waals surface area contributed by atoms with Gasteiger partial charge in [-0.2, -0.15) is 0 Å². The van der Waals surface area contributed by atoms with E-state index in [1.54, 1.807) is 26.4 Å². The molecule has 158 valence electrons. The smallest absolute Gasteiger partial charge is 0.336 e. The SMILES string of the molecule is CCc1cc2c(COC(=O)CCc3ccc(OC)c(OC)c3)cc(=O)oc2cc1O. The molecule has 3 aromatic rings. The van der Waals surface area contributed by atoms with Gasteiger partial charge in [0.25, 0.3) is 0 Å². The standard InChI is InChI=1S/C23H24O7/c1-4-15-10-17-16(11-23(26)30-20(17)12-18(15)24)13-29-22(25)8-6-14-5-7-19(27-2)21(9-14)28-3/h5,7,9-12,24H,4,6,8,13H2,1-3H3. The van der Waals surface area contributed by atoms with Gasteiger partial charge in [0.1, 0.15) is 17.9 Å². The van der Waals surface area contributed by atoms with Crippen molar-refractivity contribution in [3.8, 4) is 17.2 Å². The van der Waals surface area contributed by atoms with E-state index in [4.69, 9.17) is 18.6 Å². The first kappa shape index (κ1) is 21.2. The van der Waals surface area contributed by atoms with Crippen LogP contribution in [0.3, 0.4) is 0 Å². The molecular weight excluding hydrogens is 388 g/mol. The van der Waals surface area contributed by atoms with Crippen LogP contribution in [0.4, 0.5) is 0 Å². The third-order valence-corrected chi connectivity index (χ3v) is 4.86. The number of rotatable bonds is 8. The molecule has 0 saturated heterocycles. The maximum absolute atomic E-state index is 12.2. The second-order valence-electron chi connectivity index (χ2n) is 6.77. The lowest BCUT2D eigenvalue weighted by Gasteiger charge is -2.11. The topological polar surface area (TPSA) is 95.2 Å². The molecule has 0 aliphatic rings. The van der Waals surface area contributed by atoms with Crippen molar-refractivity contribution in [3.05, 3.63) is 63.5 Å². The predicted octanol–water partition coefficient (Wildman–Crippen LogP) is 3.75. The molecule has 30 heavy (non-hydrogen) atoms. The van der Waals surface area contributed by atoms with Gasteiger partial charge in [0.05, 0.1) is 14.2 Å². The fourth-order valence-electron chi connectivity index (χ4n) is 3.22. The number of carbonyl (C=O) groups is 1. The van der Waals surface area contributed by atoms with Gasteiger partial charge in [0, 0.05) is 29.5 Å². The van der Waals surface area contributed by atoms with Crippen LogP contribution in [0, 0.1) is 0 Å². The number of hydrogen-bond donors (Lipinski definition) is 1. The number of carbonyl (C=O) groups excluding carboxylic acids is 1. The molecule has 0 amide bonds. The van der Waals surface area contributed by atoms with Crippen molar-refractivity contribution in [3.63, 3.8) is 0 Å². The molecule has 2 aromatic carbocycles. The Labute approximate surface area is 173 Å². The third kappa shape index (κ3) is 4.74. The zero-order valence-electron chi connectivity index (χ0n) is 17.2. The Hall–Kier alpha value is -3.48. The van der Waals surface area contributed by atoms with Crippen LogP contribution >= 0.6 is 0 Å². The van der Waals surface area contributed by atoms with Gasteiger partial charge in [-0.3, -0.25) is 4.79 Å². The average Bonchev–Trinajstić information content (AvgIpc) is 2.75. The Balaban J connectivity index is 1.69. The van der Waals surface area contributed by atoms with E-state index in [1.165, 1.54) is 12.1 Å². The lowest BCUT2D eigenvalue weighted by Crippen LogP contribution is -2.08. The van der Waals surface area contributed by atoms with E-state index in [9.17, 15) is 14.7 Å². The highest BCUT2D eigenvalue weighted by molar-refractivity contribution is 5.83. The van der Waals surface area contributed by atoms with Crippen LogP contribution in [-0.4, -0.2) is 25.3 Å². The molecular formula is C23H24O7. The number of methoxy groups -OCH3 is 2. The number of phenols is 1. The fraction of sp³-hybridized carbons (Fsp3) is 0.304. The Morgan fingerprint density at radius 3 is 2.50 bits per heavy atom. The summed E-state index contributed by atoms with van der Waals surface area (Å²) in [5, 5.41) is 10.6. The van der Waals surface area contributed by atoms with E-state index in [1.807, 2.05) is 19.1 Å². The molecule has 7 nitrogen and oxygen atoms in total. The minimum absolute atomic E-state index is 0.0548. The van der Waals surface area contributed by atoms with Crippen molar-refractivity contribution in [2.75, 3.05) is 14.2 Å². The van der Waals surface area contributed by atoms with Gasteiger partial charge in [-0.05, 0) is 42.2 Å². The maximum Gasteiger partial charge on any atom is 0.336 e. The lowest BCUT2D eigenvalue weighted by molar-refractivity contribution is -0.144. The van der Waals surface area contributed by atoms with E-state index < -0.39 is 5.63 Å². The minimum Gasteiger partial charge on any atom is -0.508 e. The quantitative estimate of drug-likeness (QED) is 0.445. The van der Waals surface area contributed by atoms with Crippen molar-refractivity contribution < 1.29 is 28.5 Å². The Morgan fingerprint density at radius 2 is 1.80 bits per heavy atom. The molecule has 0 bridgehead atoms. The number of hydrogen-bond acceptors (Lipinski definition) is 7. The molecule has 0 radical (unpaired) electrons. The summed E-state index contributed by atoms with van der Waals surface area (Å²) < 4.78 is 21.0. The average molecular weight is 412 g/mol. The number of benzene rings is 2. The fourth-order valence-corrected chi connectivity index (χ4v) is 3.22. The van der Waals surface area contributed by atoms with Crippen molar-refractivity contribution in [1.82, 2.24) is 0 Å². The first-order valence-electron chi connectivity index (χ1n) is 9.60. The van der Waals surface area contributed by atoms with E-state index in [0.29, 0.717) is 35.3 Å². The molecule has 0 aliphatic carbocycles. The highest BCUT2D eigenvalue weighted by Gasteiger charge is 2.13. The van der Waals surface area contributed by atoms with Crippen molar-refractivity contribution in [2.24, 2.45) is 0 Å². The number of aryl methyl sites for hydroxylation is 2. The highest BCUT2D eigenvalue weighted by Crippen LogP contribution is 2.29. The molecule has 0 spiro atoms. The molecule has 0 aliphatic heterocycles. The minimum atomic E-state index is -0.567. The van der Waals surface area contributed by atoms with Crippen LogP contribution in [0.5, 0.6) is 17.2 Å². The van der Waals surface area contributed by atoms with Crippen LogP contribution in [0.15, 0.2) is 45.6 Å². The number of esters is 1. The number of fused-ring (bicyclic) bond motifs is 1. The van der Waals surface area contributed by atoms with Crippen molar-refractivity contribution in [1.29, 1.82) is 0 Å². The summed E-state index contributed by atoms with van der Waals surface area (Å²) >= 11 is 0. The van der Waals surface area contributed by atoms with Crippen LogP contribution < -0.4 is 15.1 Å². The summed E-state index contributed by atoms with van der Waals surface area (Å²) in [5.74, 6) is 0.898. The summed E-state index contributed by atoms with van der Waals surface area (Å²) in [6, 6.07) is 9.94. The second-order valence-corrected chi connectivity index (χ2v) is 6.77. The molecule has 3 rings (SSSR count). The van der Waals surface area contributed by atoms with E-state index in [-0.39, 0.29) is 30.3 Å². The molecule has 0 saturated carbocycles. The van der Waals surface area contributed by atoms with Gasteiger partial charge in [0.2, 0.25) is 0 Å². The zero-order chi connectivity index (χ0) is 21.7. The summed E-state index contributed by atoms with van der Waals surface area (Å²) in [6.07, 6.45) is 1.27. The van der Waals surface area contributed by atoms with Crippen LogP contribution in [0.2, 0.25) is 0 Å². The lowest BCUT2D eigenvalue weighted by atomic mass is 10.0. The number of phenolic OH excluding ortho intramolecular Hbond substituents is 1. The molecule has 0 unspecified atom stereocenters. The van der Waals surface area contributed by atoms with Crippen molar-refractivity contribution >= 4 is 16.9 Å². The van der Waals surface area contributed by atoms with Gasteiger partial charge >= 0.3 is 11.6 Å². The second kappa shape index (κ2) is 9.35.